The average molecular weight is 236 g/mol. The normalized spacial score (nSPS) is 11.9. The van der Waals surface area contributed by atoms with Gasteiger partial charge >= 0.3 is 0 Å². The van der Waals surface area contributed by atoms with Crippen LogP contribution in [-0.2, 0) is 11.2 Å². The standard InChI is InChI=1S/C10H14ClNO.ClH/c1-2-13-10(12)7-8-4-3-5-9(11)6-8;/h3-6,10H,2,7,12H2,1H3;1H. The van der Waals surface area contributed by atoms with Crippen LogP contribution in [0.25, 0.3) is 0 Å². The number of hydrogen-bond donors (Lipinski definition) is 1. The number of nitrogens with two attached hydrogens (primary N) is 1. The topological polar surface area (TPSA) is 35.2 Å². The van der Waals surface area contributed by atoms with Crippen molar-refractivity contribution in [3.05, 3.63) is 34.9 Å². The summed E-state index contributed by atoms with van der Waals surface area (Å²) in [7, 11) is 0. The molecule has 4 heteroatoms. The van der Waals surface area contributed by atoms with Crippen molar-refractivity contribution in [1.29, 1.82) is 0 Å². The van der Waals surface area contributed by atoms with Crippen LogP contribution in [0, 0.1) is 0 Å². The second-order valence-corrected chi connectivity index (χ2v) is 3.26. The van der Waals surface area contributed by atoms with Crippen LogP contribution in [0.2, 0.25) is 5.02 Å². The van der Waals surface area contributed by atoms with E-state index in [2.05, 4.69) is 0 Å². The molecule has 0 spiro atoms. The predicted octanol–water partition coefficient (Wildman–Crippen LogP) is 2.63. The molecule has 0 saturated carbocycles. The molecule has 0 bridgehead atoms. The quantitative estimate of drug-likeness (QED) is 0.815. The first-order valence-electron chi connectivity index (χ1n) is 4.34. The lowest BCUT2D eigenvalue weighted by Crippen LogP contribution is -2.26. The molecule has 0 heterocycles. The van der Waals surface area contributed by atoms with E-state index in [0.717, 1.165) is 10.6 Å². The highest BCUT2D eigenvalue weighted by molar-refractivity contribution is 6.30. The summed E-state index contributed by atoms with van der Waals surface area (Å²) < 4.78 is 5.22. The van der Waals surface area contributed by atoms with Crippen molar-refractivity contribution in [2.45, 2.75) is 19.6 Å². The van der Waals surface area contributed by atoms with E-state index in [-0.39, 0.29) is 18.6 Å². The van der Waals surface area contributed by atoms with Gasteiger partial charge in [-0.25, -0.2) is 0 Å². The first-order chi connectivity index (χ1) is 6.22. The van der Waals surface area contributed by atoms with E-state index in [9.17, 15) is 0 Å². The van der Waals surface area contributed by atoms with Gasteiger partial charge in [0.1, 0.15) is 6.23 Å². The smallest absolute Gasteiger partial charge is 0.109 e. The summed E-state index contributed by atoms with van der Waals surface area (Å²) in [5, 5.41) is 0.737. The molecular formula is C10H15Cl2NO. The molecule has 14 heavy (non-hydrogen) atoms. The van der Waals surface area contributed by atoms with E-state index in [0.29, 0.717) is 13.0 Å². The van der Waals surface area contributed by atoms with Crippen LogP contribution < -0.4 is 5.73 Å². The molecule has 80 valence electrons. The molecule has 0 saturated heterocycles. The molecule has 0 aliphatic heterocycles. The lowest BCUT2D eigenvalue weighted by Gasteiger charge is -2.11. The van der Waals surface area contributed by atoms with Crippen LogP contribution in [0.4, 0.5) is 0 Å². The van der Waals surface area contributed by atoms with Crippen LogP contribution in [0.5, 0.6) is 0 Å². The summed E-state index contributed by atoms with van der Waals surface area (Å²) in [4.78, 5) is 0. The van der Waals surface area contributed by atoms with E-state index in [1.807, 2.05) is 31.2 Å². The third-order valence-electron chi connectivity index (χ3n) is 1.71. The summed E-state index contributed by atoms with van der Waals surface area (Å²) in [6.45, 7) is 2.57. The number of benzene rings is 1. The van der Waals surface area contributed by atoms with Gasteiger partial charge in [-0.15, -0.1) is 12.4 Å². The summed E-state index contributed by atoms with van der Waals surface area (Å²) in [5.41, 5.74) is 6.81. The molecule has 0 fully saturated rings. The Kier molecular flexibility index (Phi) is 6.93. The van der Waals surface area contributed by atoms with Crippen LogP contribution in [0.3, 0.4) is 0 Å². The summed E-state index contributed by atoms with van der Waals surface area (Å²) >= 11 is 5.82. The van der Waals surface area contributed by atoms with Gasteiger partial charge in [0, 0.05) is 18.1 Å². The van der Waals surface area contributed by atoms with Gasteiger partial charge in [-0.3, -0.25) is 0 Å². The van der Waals surface area contributed by atoms with Crippen molar-refractivity contribution < 1.29 is 4.74 Å². The van der Waals surface area contributed by atoms with E-state index in [4.69, 9.17) is 22.1 Å². The zero-order valence-corrected chi connectivity index (χ0v) is 9.65. The van der Waals surface area contributed by atoms with Crippen molar-refractivity contribution in [3.8, 4) is 0 Å². The van der Waals surface area contributed by atoms with Gasteiger partial charge in [-0.2, -0.15) is 0 Å². The minimum absolute atomic E-state index is 0. The van der Waals surface area contributed by atoms with Crippen LogP contribution in [0.15, 0.2) is 24.3 Å². The molecule has 0 radical (unpaired) electrons. The van der Waals surface area contributed by atoms with Gasteiger partial charge in [0.05, 0.1) is 0 Å². The average Bonchev–Trinajstić information content (AvgIpc) is 2.04. The van der Waals surface area contributed by atoms with Gasteiger partial charge in [-0.1, -0.05) is 23.7 Å². The summed E-state index contributed by atoms with van der Waals surface area (Å²) in [6.07, 6.45) is 0.470. The van der Waals surface area contributed by atoms with E-state index < -0.39 is 0 Å². The Labute approximate surface area is 95.8 Å². The highest BCUT2D eigenvalue weighted by atomic mass is 35.5. The molecule has 0 amide bonds. The Morgan fingerprint density at radius 2 is 2.21 bits per heavy atom. The molecule has 0 aliphatic rings. The Balaban J connectivity index is 0.00000169. The largest absolute Gasteiger partial charge is 0.364 e. The van der Waals surface area contributed by atoms with Crippen molar-refractivity contribution >= 4 is 24.0 Å². The highest BCUT2D eigenvalue weighted by Crippen LogP contribution is 2.11. The molecule has 1 atom stereocenters. The third-order valence-corrected chi connectivity index (χ3v) is 1.94. The van der Waals surface area contributed by atoms with Gasteiger partial charge in [0.15, 0.2) is 0 Å². The van der Waals surface area contributed by atoms with Crippen molar-refractivity contribution in [3.63, 3.8) is 0 Å². The van der Waals surface area contributed by atoms with Crippen molar-refractivity contribution in [1.82, 2.24) is 0 Å². The van der Waals surface area contributed by atoms with Gasteiger partial charge in [-0.05, 0) is 24.6 Å². The Morgan fingerprint density at radius 1 is 1.50 bits per heavy atom. The maximum absolute atomic E-state index is 5.82. The second kappa shape index (κ2) is 7.07. The lowest BCUT2D eigenvalue weighted by molar-refractivity contribution is 0.0681. The van der Waals surface area contributed by atoms with Crippen LogP contribution in [0.1, 0.15) is 12.5 Å². The predicted molar refractivity (Wildman–Crippen MR) is 62.0 cm³/mol. The number of halogens is 2. The maximum atomic E-state index is 5.82. The summed E-state index contributed by atoms with van der Waals surface area (Å²) in [6, 6.07) is 7.65. The Hall–Kier alpha value is -0.280. The molecule has 1 aromatic carbocycles. The minimum Gasteiger partial charge on any atom is -0.364 e. The zero-order valence-electron chi connectivity index (χ0n) is 8.07. The fourth-order valence-electron chi connectivity index (χ4n) is 1.17. The molecule has 1 rings (SSSR count). The van der Waals surface area contributed by atoms with Gasteiger partial charge in [0.25, 0.3) is 0 Å². The molecule has 0 aliphatic carbocycles. The molecule has 2 nitrogen and oxygen atoms in total. The fraction of sp³-hybridized carbons (Fsp3) is 0.400. The van der Waals surface area contributed by atoms with Crippen LogP contribution in [-0.4, -0.2) is 12.8 Å². The molecule has 0 aromatic heterocycles. The van der Waals surface area contributed by atoms with E-state index in [1.54, 1.807) is 0 Å². The molecular weight excluding hydrogens is 221 g/mol. The first-order valence-corrected chi connectivity index (χ1v) is 4.71. The van der Waals surface area contributed by atoms with E-state index >= 15 is 0 Å². The zero-order chi connectivity index (χ0) is 9.68. The Morgan fingerprint density at radius 3 is 2.79 bits per heavy atom. The highest BCUT2D eigenvalue weighted by Gasteiger charge is 2.02. The third kappa shape index (κ3) is 4.82. The SMILES string of the molecule is CCOC(N)Cc1cccc(Cl)c1.Cl. The second-order valence-electron chi connectivity index (χ2n) is 2.83. The fourth-order valence-corrected chi connectivity index (χ4v) is 1.38. The van der Waals surface area contributed by atoms with Crippen LogP contribution >= 0.6 is 24.0 Å². The molecule has 1 aromatic rings. The maximum Gasteiger partial charge on any atom is 0.109 e. The van der Waals surface area contributed by atoms with Gasteiger partial charge in [0.2, 0.25) is 0 Å². The minimum atomic E-state index is -0.233. The van der Waals surface area contributed by atoms with Crippen molar-refractivity contribution in [2.24, 2.45) is 5.73 Å². The number of ether oxygens (including phenoxy) is 1. The van der Waals surface area contributed by atoms with Gasteiger partial charge < -0.3 is 10.5 Å². The number of rotatable bonds is 4. The lowest BCUT2D eigenvalue weighted by atomic mass is 10.1. The van der Waals surface area contributed by atoms with E-state index in [1.165, 1.54) is 0 Å². The Bertz CT molecular complexity index is 268. The summed E-state index contributed by atoms with van der Waals surface area (Å²) in [5.74, 6) is 0. The van der Waals surface area contributed by atoms with Crippen molar-refractivity contribution in [2.75, 3.05) is 6.61 Å². The molecule has 2 N–H and O–H groups in total. The molecule has 1 unspecified atom stereocenters. The monoisotopic (exact) mass is 235 g/mol. The number of hydrogen-bond acceptors (Lipinski definition) is 2. The first kappa shape index (κ1) is 13.7.